The number of rotatable bonds is 2. The molecule has 4 nitrogen and oxygen atoms in total. The normalized spacial score (nSPS) is 29.4. The Hall–Kier alpha value is -1.33. The average Bonchev–Trinajstić information content (AvgIpc) is 2.86. The van der Waals surface area contributed by atoms with Crippen LogP contribution in [0, 0.1) is 0 Å². The van der Waals surface area contributed by atoms with Gasteiger partial charge in [-0.25, -0.2) is 0 Å². The summed E-state index contributed by atoms with van der Waals surface area (Å²) in [5, 5.41) is 3.37. The summed E-state index contributed by atoms with van der Waals surface area (Å²) in [6.07, 6.45) is 0. The lowest BCUT2D eigenvalue weighted by Gasteiger charge is -2.32. The molecule has 5 heteroatoms. The number of nitrogens with one attached hydrogen (secondary N) is 1. The fraction of sp³-hybridized carbons (Fsp3) is 0.588. The molecule has 0 spiro atoms. The summed E-state index contributed by atoms with van der Waals surface area (Å²) in [4.78, 5) is 4.69. The van der Waals surface area contributed by atoms with Crippen molar-refractivity contribution in [1.82, 2.24) is 5.32 Å². The van der Waals surface area contributed by atoms with E-state index in [2.05, 4.69) is 69.2 Å². The first-order valence-electron chi connectivity index (χ1n) is 7.96. The van der Waals surface area contributed by atoms with Crippen LogP contribution in [0.25, 0.3) is 0 Å². The van der Waals surface area contributed by atoms with Crippen LogP contribution in [0.5, 0.6) is 0 Å². The fourth-order valence-corrected chi connectivity index (χ4v) is 3.00. The SMILES string of the molecule is CC1=NC(c2cccc(B3OC(C)(C)C(C)(C)O3)c2)C(C)N1. The molecule has 22 heavy (non-hydrogen) atoms. The number of hydrogen-bond donors (Lipinski definition) is 1. The molecule has 2 aliphatic heterocycles. The molecule has 2 atom stereocenters. The molecule has 1 aromatic carbocycles. The molecule has 1 fully saturated rings. The maximum atomic E-state index is 6.14. The molecule has 0 aliphatic carbocycles. The number of hydrogen-bond acceptors (Lipinski definition) is 4. The van der Waals surface area contributed by atoms with Crippen molar-refractivity contribution in [3.8, 4) is 0 Å². The van der Waals surface area contributed by atoms with E-state index in [0.717, 1.165) is 11.3 Å². The van der Waals surface area contributed by atoms with Crippen LogP contribution in [0.4, 0.5) is 0 Å². The molecule has 2 heterocycles. The third-order valence-electron chi connectivity index (χ3n) is 5.02. The molecular weight excluding hydrogens is 275 g/mol. The highest BCUT2D eigenvalue weighted by atomic mass is 16.7. The number of nitrogens with zero attached hydrogens (tertiary/aromatic N) is 1. The molecule has 2 unspecified atom stereocenters. The van der Waals surface area contributed by atoms with Gasteiger partial charge >= 0.3 is 7.12 Å². The van der Waals surface area contributed by atoms with Gasteiger partial charge < -0.3 is 14.6 Å². The van der Waals surface area contributed by atoms with Crippen LogP contribution in [0.2, 0.25) is 0 Å². The van der Waals surface area contributed by atoms with Crippen LogP contribution >= 0.6 is 0 Å². The van der Waals surface area contributed by atoms with Crippen LogP contribution in [0.3, 0.4) is 0 Å². The molecule has 3 rings (SSSR count). The van der Waals surface area contributed by atoms with E-state index in [4.69, 9.17) is 9.31 Å². The van der Waals surface area contributed by atoms with Crippen molar-refractivity contribution in [3.63, 3.8) is 0 Å². The lowest BCUT2D eigenvalue weighted by Crippen LogP contribution is -2.41. The summed E-state index contributed by atoms with van der Waals surface area (Å²) in [6.45, 7) is 12.5. The van der Waals surface area contributed by atoms with Gasteiger partial charge in [-0.2, -0.15) is 0 Å². The van der Waals surface area contributed by atoms with Gasteiger partial charge in [-0.15, -0.1) is 0 Å². The Morgan fingerprint density at radius 1 is 1.14 bits per heavy atom. The highest BCUT2D eigenvalue weighted by Crippen LogP contribution is 2.36. The lowest BCUT2D eigenvalue weighted by atomic mass is 9.77. The minimum atomic E-state index is -0.320. The van der Waals surface area contributed by atoms with Gasteiger partial charge in [0.1, 0.15) is 0 Å². The Labute approximate surface area is 133 Å². The molecule has 0 saturated carbocycles. The van der Waals surface area contributed by atoms with E-state index in [-0.39, 0.29) is 24.4 Å². The Morgan fingerprint density at radius 3 is 2.32 bits per heavy atom. The van der Waals surface area contributed by atoms with Crippen LogP contribution in [-0.4, -0.2) is 30.2 Å². The number of aliphatic imine (C=N–C) groups is 1. The van der Waals surface area contributed by atoms with Crippen LogP contribution < -0.4 is 10.8 Å². The maximum Gasteiger partial charge on any atom is 0.494 e. The minimum Gasteiger partial charge on any atom is -0.399 e. The number of amidine groups is 1. The van der Waals surface area contributed by atoms with E-state index in [1.165, 1.54) is 5.56 Å². The van der Waals surface area contributed by atoms with Crippen LogP contribution in [0.1, 0.15) is 53.1 Å². The molecule has 0 radical (unpaired) electrons. The van der Waals surface area contributed by atoms with Crippen molar-refractivity contribution in [2.24, 2.45) is 4.99 Å². The first-order valence-corrected chi connectivity index (χ1v) is 7.96. The first-order chi connectivity index (χ1) is 10.2. The Morgan fingerprint density at radius 2 is 1.77 bits per heavy atom. The van der Waals surface area contributed by atoms with Crippen molar-refractivity contribution < 1.29 is 9.31 Å². The van der Waals surface area contributed by atoms with E-state index in [1.54, 1.807) is 0 Å². The van der Waals surface area contributed by atoms with Crippen molar-refractivity contribution >= 4 is 18.4 Å². The zero-order chi connectivity index (χ0) is 16.1. The van der Waals surface area contributed by atoms with E-state index in [9.17, 15) is 0 Å². The summed E-state index contributed by atoms with van der Waals surface area (Å²) < 4.78 is 12.3. The third-order valence-corrected chi connectivity index (χ3v) is 5.02. The van der Waals surface area contributed by atoms with Gasteiger partial charge in [0.15, 0.2) is 0 Å². The van der Waals surface area contributed by atoms with Crippen molar-refractivity contribution in [2.45, 2.75) is 64.8 Å². The Bertz CT molecular complexity index is 596. The molecule has 0 aromatic heterocycles. The highest BCUT2D eigenvalue weighted by molar-refractivity contribution is 6.62. The summed E-state index contributed by atoms with van der Waals surface area (Å²) >= 11 is 0. The summed E-state index contributed by atoms with van der Waals surface area (Å²) in [5.41, 5.74) is 1.63. The minimum absolute atomic E-state index is 0.155. The van der Waals surface area contributed by atoms with Gasteiger partial charge in [-0.05, 0) is 52.6 Å². The predicted octanol–water partition coefficient (Wildman–Crippen LogP) is 2.44. The zero-order valence-electron chi connectivity index (χ0n) is 14.3. The lowest BCUT2D eigenvalue weighted by molar-refractivity contribution is 0.00578. The van der Waals surface area contributed by atoms with Crippen molar-refractivity contribution in [3.05, 3.63) is 29.8 Å². The van der Waals surface area contributed by atoms with E-state index in [1.807, 2.05) is 6.92 Å². The summed E-state index contributed by atoms with van der Waals surface area (Å²) in [5.74, 6) is 0.999. The monoisotopic (exact) mass is 300 g/mol. The quantitative estimate of drug-likeness (QED) is 0.853. The largest absolute Gasteiger partial charge is 0.494 e. The average molecular weight is 300 g/mol. The predicted molar refractivity (Wildman–Crippen MR) is 90.6 cm³/mol. The molecule has 0 bridgehead atoms. The van der Waals surface area contributed by atoms with Gasteiger partial charge in [0.05, 0.1) is 29.1 Å². The van der Waals surface area contributed by atoms with Gasteiger partial charge in [0.25, 0.3) is 0 Å². The smallest absolute Gasteiger partial charge is 0.399 e. The van der Waals surface area contributed by atoms with Gasteiger partial charge in [-0.1, -0.05) is 24.3 Å². The topological polar surface area (TPSA) is 42.9 Å². The van der Waals surface area contributed by atoms with Crippen molar-refractivity contribution in [1.29, 1.82) is 0 Å². The van der Waals surface area contributed by atoms with Gasteiger partial charge in [0.2, 0.25) is 0 Å². The molecule has 118 valence electrons. The van der Waals surface area contributed by atoms with Crippen molar-refractivity contribution in [2.75, 3.05) is 0 Å². The molecule has 2 aliphatic rings. The molecule has 1 saturated heterocycles. The zero-order valence-corrected chi connectivity index (χ0v) is 14.3. The highest BCUT2D eigenvalue weighted by Gasteiger charge is 2.51. The van der Waals surface area contributed by atoms with E-state index < -0.39 is 0 Å². The molecular formula is C17H25BN2O2. The molecule has 1 N–H and O–H groups in total. The maximum absolute atomic E-state index is 6.14. The third kappa shape index (κ3) is 2.57. The second-order valence-electron chi connectivity index (χ2n) is 7.35. The molecule has 0 amide bonds. The van der Waals surface area contributed by atoms with Gasteiger partial charge in [0, 0.05) is 0 Å². The summed E-state index contributed by atoms with van der Waals surface area (Å²) in [6, 6.07) is 8.88. The second kappa shape index (κ2) is 5.10. The molecule has 1 aromatic rings. The van der Waals surface area contributed by atoms with E-state index >= 15 is 0 Å². The van der Waals surface area contributed by atoms with E-state index in [0.29, 0.717) is 6.04 Å². The standard InChI is InChI=1S/C17H25BN2O2/c1-11-15(20-12(2)19-11)13-8-7-9-14(10-13)18-21-16(3,4)17(5,6)22-18/h7-11,15H,1-6H3,(H,19,20). The Kier molecular flexibility index (Phi) is 3.61. The van der Waals surface area contributed by atoms with Crippen LogP contribution in [0.15, 0.2) is 29.3 Å². The number of benzene rings is 1. The first kappa shape index (κ1) is 15.6. The summed E-state index contributed by atoms with van der Waals surface area (Å²) in [7, 11) is -0.320. The fourth-order valence-electron chi connectivity index (χ4n) is 3.00. The van der Waals surface area contributed by atoms with Gasteiger partial charge in [-0.3, -0.25) is 4.99 Å². The second-order valence-corrected chi connectivity index (χ2v) is 7.35. The van der Waals surface area contributed by atoms with Crippen LogP contribution in [-0.2, 0) is 9.31 Å². The Balaban J connectivity index is 1.87.